The highest BCUT2D eigenvalue weighted by molar-refractivity contribution is 5.76. The molecule has 2 amide bonds. The van der Waals surface area contributed by atoms with E-state index in [0.29, 0.717) is 19.5 Å². The highest BCUT2D eigenvalue weighted by Crippen LogP contribution is 2.24. The fraction of sp³-hybridized carbons (Fsp3) is 0.529. The molecule has 2 atom stereocenters. The van der Waals surface area contributed by atoms with Gasteiger partial charge in [0.15, 0.2) is 0 Å². The maximum atomic E-state index is 12.5. The minimum absolute atomic E-state index is 0.0299. The lowest BCUT2D eigenvalue weighted by atomic mass is 9.87. The summed E-state index contributed by atoms with van der Waals surface area (Å²) in [5.41, 5.74) is 0.717. The number of likely N-dealkylation sites (tertiary alicyclic amines) is 1. The molecule has 1 aromatic carbocycles. The second-order valence-corrected chi connectivity index (χ2v) is 6.04. The first-order chi connectivity index (χ1) is 11.4. The average Bonchev–Trinajstić information content (AvgIpc) is 2.59. The third-order valence-electron chi connectivity index (χ3n) is 4.37. The zero-order chi connectivity index (χ0) is 17.7. The molecule has 7 heteroatoms. The predicted molar refractivity (Wildman–Crippen MR) is 84.5 cm³/mol. The second kappa shape index (κ2) is 8.08. The lowest BCUT2D eigenvalue weighted by Crippen LogP contribution is -2.48. The summed E-state index contributed by atoms with van der Waals surface area (Å²) in [6.07, 6.45) is -1.92. The number of ether oxygens (including phenoxy) is 1. The van der Waals surface area contributed by atoms with Crippen LogP contribution >= 0.6 is 0 Å². The number of benzene rings is 1. The number of methoxy groups -OCH3 is 1. The average molecular weight is 340 g/mol. The number of rotatable bonds is 4. The summed E-state index contributed by atoms with van der Waals surface area (Å²) in [6.45, 7) is 3.16. The second-order valence-electron chi connectivity index (χ2n) is 6.04. The third-order valence-corrected chi connectivity index (χ3v) is 4.37. The van der Waals surface area contributed by atoms with Crippen molar-refractivity contribution in [3.8, 4) is 0 Å². The number of hydrogen-bond donors (Lipinski definition) is 1. The van der Waals surface area contributed by atoms with Gasteiger partial charge in [-0.2, -0.15) is 0 Å². The Morgan fingerprint density at radius 2 is 2.00 bits per heavy atom. The molecule has 5 nitrogen and oxygen atoms in total. The quantitative estimate of drug-likeness (QED) is 0.858. The normalized spacial score (nSPS) is 20.8. The summed E-state index contributed by atoms with van der Waals surface area (Å²) in [4.78, 5) is 25.5. The number of halogens is 2. The monoisotopic (exact) mass is 340 g/mol. The van der Waals surface area contributed by atoms with Gasteiger partial charge >= 0.3 is 12.0 Å². The van der Waals surface area contributed by atoms with Gasteiger partial charge in [0.25, 0.3) is 6.43 Å². The first-order valence-corrected chi connectivity index (χ1v) is 7.90. The molecular formula is C17H22F2N2O3. The van der Waals surface area contributed by atoms with Crippen molar-refractivity contribution in [3.05, 3.63) is 35.4 Å². The van der Waals surface area contributed by atoms with E-state index >= 15 is 0 Å². The number of urea groups is 1. The molecule has 1 aliphatic heterocycles. The van der Waals surface area contributed by atoms with Crippen LogP contribution in [0.25, 0.3) is 0 Å². The SMILES string of the molecule is COC(=O)[C@@H]1CCN(C(=O)NCc2ccc(C(F)F)cc2)C[C@@H]1C. The van der Waals surface area contributed by atoms with Crippen LogP contribution in [-0.4, -0.2) is 37.1 Å². The Balaban J connectivity index is 1.84. The smallest absolute Gasteiger partial charge is 0.317 e. The first kappa shape index (κ1) is 18.2. The fourth-order valence-corrected chi connectivity index (χ4v) is 2.90. The van der Waals surface area contributed by atoms with Crippen molar-refractivity contribution in [2.75, 3.05) is 20.2 Å². The van der Waals surface area contributed by atoms with E-state index in [1.165, 1.54) is 19.2 Å². The van der Waals surface area contributed by atoms with Crippen molar-refractivity contribution in [3.63, 3.8) is 0 Å². The maximum absolute atomic E-state index is 12.5. The zero-order valence-electron chi connectivity index (χ0n) is 13.8. The van der Waals surface area contributed by atoms with Crippen molar-refractivity contribution in [2.24, 2.45) is 11.8 Å². The van der Waals surface area contributed by atoms with Gasteiger partial charge in [0.1, 0.15) is 0 Å². The van der Waals surface area contributed by atoms with Crippen molar-refractivity contribution < 1.29 is 23.1 Å². The summed E-state index contributed by atoms with van der Waals surface area (Å²) in [5, 5.41) is 2.78. The number of nitrogens with zero attached hydrogens (tertiary/aromatic N) is 1. The molecule has 1 N–H and O–H groups in total. The Kier molecular flexibility index (Phi) is 6.11. The van der Waals surface area contributed by atoms with Gasteiger partial charge in [-0.1, -0.05) is 31.2 Å². The van der Waals surface area contributed by atoms with Gasteiger partial charge in [-0.25, -0.2) is 13.6 Å². The molecule has 0 spiro atoms. The summed E-state index contributed by atoms with van der Waals surface area (Å²) in [7, 11) is 1.37. The molecule has 1 fully saturated rings. The molecule has 1 heterocycles. The van der Waals surface area contributed by atoms with E-state index in [4.69, 9.17) is 4.74 Å². The number of carbonyl (C=O) groups excluding carboxylic acids is 2. The molecule has 0 unspecified atom stereocenters. The number of amides is 2. The number of nitrogens with one attached hydrogen (secondary N) is 1. The molecular weight excluding hydrogens is 318 g/mol. The minimum Gasteiger partial charge on any atom is -0.469 e. The molecule has 1 aromatic rings. The number of piperidine rings is 1. The van der Waals surface area contributed by atoms with E-state index < -0.39 is 6.43 Å². The van der Waals surface area contributed by atoms with Gasteiger partial charge < -0.3 is 15.0 Å². The van der Waals surface area contributed by atoms with Crippen molar-refractivity contribution in [2.45, 2.75) is 26.3 Å². The van der Waals surface area contributed by atoms with Crippen LogP contribution in [-0.2, 0) is 16.1 Å². The van der Waals surface area contributed by atoms with Crippen molar-refractivity contribution >= 4 is 12.0 Å². The molecule has 0 bridgehead atoms. The Labute approximate surface area is 140 Å². The largest absolute Gasteiger partial charge is 0.469 e. The predicted octanol–water partition coefficient (Wildman–Crippen LogP) is 2.96. The van der Waals surface area contributed by atoms with Crippen LogP contribution in [0.15, 0.2) is 24.3 Å². The number of alkyl halides is 2. The van der Waals surface area contributed by atoms with Gasteiger partial charge in [-0.05, 0) is 17.9 Å². The van der Waals surface area contributed by atoms with Gasteiger partial charge in [0.2, 0.25) is 0 Å². The summed E-state index contributed by atoms with van der Waals surface area (Å²) in [5.74, 6) is -0.384. The van der Waals surface area contributed by atoms with Gasteiger partial charge in [-0.15, -0.1) is 0 Å². The summed E-state index contributed by atoms with van der Waals surface area (Å²) < 4.78 is 29.8. The molecule has 24 heavy (non-hydrogen) atoms. The van der Waals surface area contributed by atoms with Gasteiger partial charge in [-0.3, -0.25) is 4.79 Å². The highest BCUT2D eigenvalue weighted by Gasteiger charge is 2.33. The van der Waals surface area contributed by atoms with Crippen LogP contribution in [0.5, 0.6) is 0 Å². The highest BCUT2D eigenvalue weighted by atomic mass is 19.3. The van der Waals surface area contributed by atoms with E-state index in [9.17, 15) is 18.4 Å². The first-order valence-electron chi connectivity index (χ1n) is 7.90. The van der Waals surface area contributed by atoms with Crippen LogP contribution in [0.1, 0.15) is 30.9 Å². The Hall–Kier alpha value is -2.18. The van der Waals surface area contributed by atoms with Crippen LogP contribution in [0.4, 0.5) is 13.6 Å². The maximum Gasteiger partial charge on any atom is 0.317 e. The Morgan fingerprint density at radius 1 is 1.33 bits per heavy atom. The van der Waals surface area contributed by atoms with E-state index in [1.807, 2.05) is 6.92 Å². The Morgan fingerprint density at radius 3 is 2.54 bits per heavy atom. The van der Waals surface area contributed by atoms with Crippen molar-refractivity contribution in [1.82, 2.24) is 10.2 Å². The van der Waals surface area contributed by atoms with Gasteiger partial charge in [0.05, 0.1) is 13.0 Å². The van der Waals surface area contributed by atoms with Crippen LogP contribution in [0, 0.1) is 11.8 Å². The molecule has 2 rings (SSSR count). The number of carbonyl (C=O) groups is 2. The van der Waals surface area contributed by atoms with E-state index in [1.54, 1.807) is 17.0 Å². The zero-order valence-corrected chi connectivity index (χ0v) is 13.8. The molecule has 0 aromatic heterocycles. The standard InChI is InChI=1S/C17H22F2N2O3/c1-11-10-21(8-7-14(11)16(22)24-2)17(23)20-9-12-3-5-13(6-4-12)15(18)19/h3-6,11,14-15H,7-10H2,1-2H3,(H,20,23)/t11-,14+/m0/s1. The van der Waals surface area contributed by atoms with Crippen LogP contribution < -0.4 is 5.32 Å². The number of hydrogen-bond acceptors (Lipinski definition) is 3. The minimum atomic E-state index is -2.49. The lowest BCUT2D eigenvalue weighted by Gasteiger charge is -2.35. The van der Waals surface area contributed by atoms with Crippen LogP contribution in [0.3, 0.4) is 0 Å². The molecule has 0 aliphatic carbocycles. The van der Waals surface area contributed by atoms with Gasteiger partial charge in [0, 0.05) is 25.2 Å². The molecule has 0 saturated carbocycles. The van der Waals surface area contributed by atoms with Crippen molar-refractivity contribution in [1.29, 1.82) is 0 Å². The molecule has 1 aliphatic rings. The molecule has 0 radical (unpaired) electrons. The summed E-state index contributed by atoms with van der Waals surface area (Å²) >= 11 is 0. The number of esters is 1. The topological polar surface area (TPSA) is 58.6 Å². The fourth-order valence-electron chi connectivity index (χ4n) is 2.90. The molecule has 1 saturated heterocycles. The third kappa shape index (κ3) is 4.43. The van der Waals surface area contributed by atoms with Crippen LogP contribution in [0.2, 0.25) is 0 Å². The molecule has 132 valence electrons. The van der Waals surface area contributed by atoms with E-state index in [-0.39, 0.29) is 35.9 Å². The summed E-state index contributed by atoms with van der Waals surface area (Å²) in [6, 6.07) is 5.65. The van der Waals surface area contributed by atoms with E-state index in [0.717, 1.165) is 5.56 Å². The lowest BCUT2D eigenvalue weighted by molar-refractivity contribution is -0.148. The van der Waals surface area contributed by atoms with E-state index in [2.05, 4.69) is 5.32 Å². The Bertz CT molecular complexity index is 578.